The van der Waals surface area contributed by atoms with Gasteiger partial charge in [-0.25, -0.2) is 4.98 Å². The lowest BCUT2D eigenvalue weighted by molar-refractivity contribution is 0.0983. The van der Waals surface area contributed by atoms with Crippen LogP contribution in [0.4, 0.5) is 5.13 Å². The topological polar surface area (TPSA) is 36.4 Å². The number of aromatic nitrogens is 1. The Hall–Kier alpha value is -1.95. The molecule has 6 heteroatoms. The van der Waals surface area contributed by atoms with E-state index in [1.54, 1.807) is 11.3 Å². The van der Waals surface area contributed by atoms with Crippen LogP contribution in [0.2, 0.25) is 0 Å². The molecule has 3 rings (SSSR count). The first kappa shape index (κ1) is 24.3. The monoisotopic (exact) mass is 445 g/mol. The Morgan fingerprint density at radius 2 is 1.63 bits per heavy atom. The molecule has 1 aromatic heterocycles. The standard InChI is InChI=1S/C24H31N3OS.ClH/c1-7-26(8-2)11-12-27(23(28)20-10-9-17(4)18(5)15-20)24-25-21-14-16(3)13-19(6)22(21)29-24;/h9-10,13-15H,7-8,11-12H2,1-6H3;1H. The maximum absolute atomic E-state index is 13.5. The van der Waals surface area contributed by atoms with E-state index >= 15 is 0 Å². The number of amides is 1. The molecular formula is C24H32ClN3OS. The fourth-order valence-electron chi connectivity index (χ4n) is 3.58. The molecule has 2 aromatic carbocycles. The Kier molecular flexibility index (Phi) is 8.42. The number of halogens is 1. The van der Waals surface area contributed by atoms with E-state index in [9.17, 15) is 4.79 Å². The number of anilines is 1. The number of nitrogens with zero attached hydrogens (tertiary/aromatic N) is 3. The molecule has 0 saturated heterocycles. The highest BCUT2D eigenvalue weighted by Gasteiger charge is 2.22. The highest BCUT2D eigenvalue weighted by Crippen LogP contribution is 2.33. The fraction of sp³-hybridized carbons (Fsp3) is 0.417. The van der Waals surface area contributed by atoms with E-state index in [1.165, 1.54) is 16.7 Å². The third kappa shape index (κ3) is 5.20. The predicted octanol–water partition coefficient (Wildman–Crippen LogP) is 5.94. The lowest BCUT2D eigenvalue weighted by Crippen LogP contribution is -2.38. The molecule has 1 heterocycles. The van der Waals surface area contributed by atoms with Crippen LogP contribution >= 0.6 is 23.7 Å². The number of thiazole rings is 1. The van der Waals surface area contributed by atoms with Gasteiger partial charge >= 0.3 is 0 Å². The molecule has 0 atom stereocenters. The quantitative estimate of drug-likeness (QED) is 0.451. The van der Waals surface area contributed by atoms with Gasteiger partial charge in [-0.15, -0.1) is 12.4 Å². The minimum absolute atomic E-state index is 0. The van der Waals surface area contributed by atoms with Crippen molar-refractivity contribution < 1.29 is 4.79 Å². The maximum atomic E-state index is 13.5. The summed E-state index contributed by atoms with van der Waals surface area (Å²) in [6.45, 7) is 16.0. The first-order chi connectivity index (χ1) is 13.8. The summed E-state index contributed by atoms with van der Waals surface area (Å²) in [4.78, 5) is 22.6. The van der Waals surface area contributed by atoms with Crippen molar-refractivity contribution in [1.82, 2.24) is 9.88 Å². The average molecular weight is 446 g/mol. The van der Waals surface area contributed by atoms with E-state index in [1.807, 2.05) is 23.1 Å². The van der Waals surface area contributed by atoms with Gasteiger partial charge in [0.25, 0.3) is 5.91 Å². The second-order valence-corrected chi connectivity index (χ2v) is 8.69. The second kappa shape index (κ2) is 10.4. The molecule has 0 bridgehead atoms. The molecular weight excluding hydrogens is 414 g/mol. The van der Waals surface area contributed by atoms with Crippen LogP contribution in [0.1, 0.15) is 46.5 Å². The van der Waals surface area contributed by atoms with Crippen LogP contribution < -0.4 is 4.90 Å². The molecule has 4 nitrogen and oxygen atoms in total. The molecule has 1 amide bonds. The highest BCUT2D eigenvalue weighted by atomic mass is 35.5. The van der Waals surface area contributed by atoms with Gasteiger partial charge in [-0.2, -0.15) is 0 Å². The molecule has 0 aliphatic rings. The molecule has 162 valence electrons. The van der Waals surface area contributed by atoms with Crippen LogP contribution in [0.5, 0.6) is 0 Å². The van der Waals surface area contributed by atoms with Crippen LogP contribution in [0.3, 0.4) is 0 Å². The van der Waals surface area contributed by atoms with E-state index in [0.717, 1.165) is 46.1 Å². The van der Waals surface area contributed by atoms with E-state index in [2.05, 4.69) is 58.6 Å². The Morgan fingerprint density at radius 3 is 2.27 bits per heavy atom. The number of rotatable bonds is 7. The fourth-order valence-corrected chi connectivity index (χ4v) is 4.62. The SMILES string of the molecule is CCN(CC)CCN(C(=O)c1ccc(C)c(C)c1)c1nc2cc(C)cc(C)c2s1.Cl. The summed E-state index contributed by atoms with van der Waals surface area (Å²) in [5.41, 5.74) is 6.44. The molecule has 3 aromatic rings. The van der Waals surface area contributed by atoms with Gasteiger partial charge in [0.1, 0.15) is 0 Å². The Balaban J connectivity index is 0.00000320. The van der Waals surface area contributed by atoms with Crippen molar-refractivity contribution in [3.05, 3.63) is 58.1 Å². The minimum Gasteiger partial charge on any atom is -0.302 e. The van der Waals surface area contributed by atoms with Crippen LogP contribution in [-0.4, -0.2) is 42.0 Å². The van der Waals surface area contributed by atoms with Gasteiger partial charge in [-0.05, 0) is 81.2 Å². The largest absolute Gasteiger partial charge is 0.302 e. The molecule has 0 unspecified atom stereocenters. The van der Waals surface area contributed by atoms with Crippen molar-refractivity contribution in [2.75, 3.05) is 31.1 Å². The van der Waals surface area contributed by atoms with Crippen LogP contribution in [0, 0.1) is 27.7 Å². The maximum Gasteiger partial charge on any atom is 0.260 e. The zero-order valence-electron chi connectivity index (χ0n) is 18.8. The van der Waals surface area contributed by atoms with Crippen molar-refractivity contribution >= 4 is 45.0 Å². The number of fused-ring (bicyclic) bond motifs is 1. The highest BCUT2D eigenvalue weighted by molar-refractivity contribution is 7.22. The average Bonchev–Trinajstić information content (AvgIpc) is 3.11. The van der Waals surface area contributed by atoms with E-state index in [4.69, 9.17) is 4.98 Å². The number of hydrogen-bond acceptors (Lipinski definition) is 4. The molecule has 0 saturated carbocycles. The summed E-state index contributed by atoms with van der Waals surface area (Å²) in [6, 6.07) is 10.2. The number of benzene rings is 2. The summed E-state index contributed by atoms with van der Waals surface area (Å²) in [6.07, 6.45) is 0. The lowest BCUT2D eigenvalue weighted by atomic mass is 10.1. The Labute approximate surface area is 190 Å². The summed E-state index contributed by atoms with van der Waals surface area (Å²) >= 11 is 1.61. The van der Waals surface area contributed by atoms with Crippen LogP contribution in [-0.2, 0) is 0 Å². The zero-order chi connectivity index (χ0) is 21.1. The molecule has 0 spiro atoms. The molecule has 0 radical (unpaired) electrons. The van der Waals surface area contributed by atoms with E-state index < -0.39 is 0 Å². The number of likely N-dealkylation sites (N-methyl/N-ethyl adjacent to an activating group) is 1. The number of hydrogen-bond donors (Lipinski definition) is 0. The first-order valence-electron chi connectivity index (χ1n) is 10.3. The number of aryl methyl sites for hydroxylation is 4. The van der Waals surface area contributed by atoms with Crippen LogP contribution in [0.15, 0.2) is 30.3 Å². The zero-order valence-corrected chi connectivity index (χ0v) is 20.4. The second-order valence-electron chi connectivity index (χ2n) is 7.71. The van der Waals surface area contributed by atoms with Gasteiger partial charge in [-0.1, -0.05) is 37.3 Å². The van der Waals surface area contributed by atoms with Gasteiger partial charge in [0.05, 0.1) is 10.2 Å². The van der Waals surface area contributed by atoms with Crippen molar-refractivity contribution in [3.63, 3.8) is 0 Å². The molecule has 30 heavy (non-hydrogen) atoms. The van der Waals surface area contributed by atoms with E-state index in [0.29, 0.717) is 6.54 Å². The molecule has 0 N–H and O–H groups in total. The van der Waals surface area contributed by atoms with Crippen molar-refractivity contribution in [3.8, 4) is 0 Å². The molecule has 0 aliphatic heterocycles. The van der Waals surface area contributed by atoms with Crippen LogP contribution in [0.25, 0.3) is 10.2 Å². The molecule has 0 aliphatic carbocycles. The van der Waals surface area contributed by atoms with Crippen molar-refractivity contribution in [1.29, 1.82) is 0 Å². The van der Waals surface area contributed by atoms with Crippen molar-refractivity contribution in [2.24, 2.45) is 0 Å². The number of carbonyl (C=O) groups is 1. The predicted molar refractivity (Wildman–Crippen MR) is 132 cm³/mol. The summed E-state index contributed by atoms with van der Waals surface area (Å²) in [5.74, 6) is 0.0219. The number of carbonyl (C=O) groups excluding carboxylic acids is 1. The third-order valence-electron chi connectivity index (χ3n) is 5.57. The van der Waals surface area contributed by atoms with Gasteiger partial charge in [-0.3, -0.25) is 9.69 Å². The minimum atomic E-state index is 0. The van der Waals surface area contributed by atoms with E-state index in [-0.39, 0.29) is 18.3 Å². The van der Waals surface area contributed by atoms with Gasteiger partial charge < -0.3 is 4.90 Å². The normalized spacial score (nSPS) is 11.0. The first-order valence-corrected chi connectivity index (χ1v) is 11.1. The third-order valence-corrected chi connectivity index (χ3v) is 6.80. The molecule has 0 fully saturated rings. The Bertz CT molecular complexity index is 1030. The summed E-state index contributed by atoms with van der Waals surface area (Å²) in [7, 11) is 0. The van der Waals surface area contributed by atoms with Gasteiger partial charge in [0.15, 0.2) is 5.13 Å². The lowest BCUT2D eigenvalue weighted by Gasteiger charge is -2.25. The van der Waals surface area contributed by atoms with Gasteiger partial charge in [0.2, 0.25) is 0 Å². The van der Waals surface area contributed by atoms with Gasteiger partial charge in [0, 0.05) is 18.7 Å². The Morgan fingerprint density at radius 1 is 0.933 bits per heavy atom. The van der Waals surface area contributed by atoms with Crippen molar-refractivity contribution in [2.45, 2.75) is 41.5 Å². The summed E-state index contributed by atoms with van der Waals surface area (Å²) < 4.78 is 1.16. The smallest absolute Gasteiger partial charge is 0.260 e. The summed E-state index contributed by atoms with van der Waals surface area (Å²) in [5, 5.41) is 0.782.